The number of hydrogen-bond donors (Lipinski definition) is 1. The van der Waals surface area contributed by atoms with Crippen LogP contribution in [0, 0.1) is 13.8 Å². The van der Waals surface area contributed by atoms with E-state index in [4.69, 9.17) is 0 Å². The predicted octanol–water partition coefficient (Wildman–Crippen LogP) is 3.60. The molecule has 0 radical (unpaired) electrons. The predicted molar refractivity (Wildman–Crippen MR) is 108 cm³/mol. The number of nitrogens with one attached hydrogen (secondary N) is 1. The molecule has 0 bridgehead atoms. The molecule has 0 saturated carbocycles. The van der Waals surface area contributed by atoms with Gasteiger partial charge in [0.05, 0.1) is 29.7 Å². The number of carbonyl (C=O) groups excluding carboxylic acids is 1. The third-order valence-electron chi connectivity index (χ3n) is 4.76. The average Bonchev–Trinajstić information content (AvgIpc) is 3.34. The number of benzene rings is 2. The van der Waals surface area contributed by atoms with E-state index >= 15 is 0 Å². The Hall–Kier alpha value is -3.67. The molecule has 1 N–H and O–H groups in total. The lowest BCUT2D eigenvalue weighted by Gasteiger charge is -2.10. The Morgan fingerprint density at radius 3 is 2.57 bits per heavy atom. The Labute approximate surface area is 163 Å². The fourth-order valence-electron chi connectivity index (χ4n) is 3.22. The molecule has 0 aliphatic heterocycles. The second-order valence-corrected chi connectivity index (χ2v) is 6.57. The molecule has 2 heterocycles. The summed E-state index contributed by atoms with van der Waals surface area (Å²) >= 11 is 0. The van der Waals surface area contributed by atoms with Gasteiger partial charge in [-0.2, -0.15) is 5.10 Å². The molecule has 0 aliphatic carbocycles. The standard InChI is InChI=1S/C22H21N5O/c1-16-8-6-7-11-20(16)27-17(2)19(14-25-27)22(28)24-15-21-23-12-13-26(21)18-9-4-3-5-10-18/h3-14H,15H2,1-2H3,(H,24,28). The molecule has 0 saturated heterocycles. The lowest BCUT2D eigenvalue weighted by atomic mass is 10.2. The van der Waals surface area contributed by atoms with Crippen LogP contribution in [0.4, 0.5) is 0 Å². The lowest BCUT2D eigenvalue weighted by molar-refractivity contribution is 0.0949. The van der Waals surface area contributed by atoms with Gasteiger partial charge in [-0.3, -0.25) is 4.79 Å². The van der Waals surface area contributed by atoms with E-state index in [9.17, 15) is 4.79 Å². The van der Waals surface area contributed by atoms with Crippen molar-refractivity contribution in [3.05, 3.63) is 95.8 Å². The van der Waals surface area contributed by atoms with Crippen LogP contribution in [0.25, 0.3) is 11.4 Å². The summed E-state index contributed by atoms with van der Waals surface area (Å²) in [5.41, 5.74) is 4.44. The number of nitrogens with zero attached hydrogens (tertiary/aromatic N) is 4. The fraction of sp³-hybridized carbons (Fsp3) is 0.136. The average molecular weight is 371 g/mol. The minimum atomic E-state index is -0.167. The first-order chi connectivity index (χ1) is 13.6. The number of imidazole rings is 1. The molecule has 6 nitrogen and oxygen atoms in total. The summed E-state index contributed by atoms with van der Waals surface area (Å²) in [7, 11) is 0. The Morgan fingerprint density at radius 1 is 1.04 bits per heavy atom. The van der Waals surface area contributed by atoms with Gasteiger partial charge in [-0.15, -0.1) is 0 Å². The smallest absolute Gasteiger partial charge is 0.255 e. The molecular weight excluding hydrogens is 350 g/mol. The maximum absolute atomic E-state index is 12.7. The highest BCUT2D eigenvalue weighted by molar-refractivity contribution is 5.95. The highest BCUT2D eigenvalue weighted by atomic mass is 16.1. The summed E-state index contributed by atoms with van der Waals surface area (Å²) < 4.78 is 3.76. The largest absolute Gasteiger partial charge is 0.345 e. The summed E-state index contributed by atoms with van der Waals surface area (Å²) in [5.74, 6) is 0.600. The quantitative estimate of drug-likeness (QED) is 0.583. The van der Waals surface area contributed by atoms with Crippen molar-refractivity contribution < 1.29 is 4.79 Å². The topological polar surface area (TPSA) is 64.7 Å². The third kappa shape index (κ3) is 3.32. The van der Waals surface area contributed by atoms with E-state index in [1.807, 2.05) is 79.2 Å². The monoisotopic (exact) mass is 371 g/mol. The van der Waals surface area contributed by atoms with Crippen LogP contribution >= 0.6 is 0 Å². The van der Waals surface area contributed by atoms with Crippen molar-refractivity contribution in [2.45, 2.75) is 20.4 Å². The number of amides is 1. The van der Waals surface area contributed by atoms with E-state index in [2.05, 4.69) is 15.4 Å². The van der Waals surface area contributed by atoms with Crippen molar-refractivity contribution in [1.82, 2.24) is 24.6 Å². The number of aryl methyl sites for hydroxylation is 1. The Bertz CT molecular complexity index is 1110. The molecule has 0 aliphatic rings. The maximum Gasteiger partial charge on any atom is 0.255 e. The first-order valence-electron chi connectivity index (χ1n) is 9.11. The zero-order valence-electron chi connectivity index (χ0n) is 15.8. The normalized spacial score (nSPS) is 10.8. The zero-order valence-corrected chi connectivity index (χ0v) is 15.8. The van der Waals surface area contributed by atoms with Gasteiger partial charge < -0.3 is 9.88 Å². The van der Waals surface area contributed by atoms with Gasteiger partial charge in [0, 0.05) is 18.1 Å². The van der Waals surface area contributed by atoms with Crippen LogP contribution in [0.1, 0.15) is 27.4 Å². The Balaban J connectivity index is 1.52. The van der Waals surface area contributed by atoms with E-state index in [1.165, 1.54) is 0 Å². The molecule has 2 aromatic heterocycles. The summed E-state index contributed by atoms with van der Waals surface area (Å²) in [5, 5.41) is 7.37. The summed E-state index contributed by atoms with van der Waals surface area (Å²) in [6, 6.07) is 17.9. The molecule has 0 atom stereocenters. The number of rotatable bonds is 5. The molecule has 4 rings (SSSR count). The van der Waals surface area contributed by atoms with Gasteiger partial charge in [0.15, 0.2) is 0 Å². The van der Waals surface area contributed by atoms with Crippen LogP contribution in [0.5, 0.6) is 0 Å². The van der Waals surface area contributed by atoms with E-state index in [-0.39, 0.29) is 5.91 Å². The highest BCUT2D eigenvalue weighted by Gasteiger charge is 2.16. The van der Waals surface area contributed by atoms with Gasteiger partial charge in [0.2, 0.25) is 0 Å². The van der Waals surface area contributed by atoms with E-state index in [1.54, 1.807) is 17.1 Å². The van der Waals surface area contributed by atoms with Crippen LogP contribution < -0.4 is 5.32 Å². The fourth-order valence-corrected chi connectivity index (χ4v) is 3.22. The van der Waals surface area contributed by atoms with Crippen molar-refractivity contribution in [2.75, 3.05) is 0 Å². The molecule has 4 aromatic rings. The van der Waals surface area contributed by atoms with E-state index in [0.29, 0.717) is 12.1 Å². The lowest BCUT2D eigenvalue weighted by Crippen LogP contribution is -2.25. The van der Waals surface area contributed by atoms with E-state index in [0.717, 1.165) is 28.5 Å². The number of carbonyl (C=O) groups is 1. The molecule has 6 heteroatoms. The van der Waals surface area contributed by atoms with Crippen LogP contribution in [-0.4, -0.2) is 25.2 Å². The van der Waals surface area contributed by atoms with Gasteiger partial charge in [0.1, 0.15) is 5.82 Å². The minimum absolute atomic E-state index is 0.167. The number of hydrogen-bond acceptors (Lipinski definition) is 3. The van der Waals surface area contributed by atoms with Crippen molar-refractivity contribution in [1.29, 1.82) is 0 Å². The summed E-state index contributed by atoms with van der Waals surface area (Å²) in [4.78, 5) is 17.1. The molecule has 0 spiro atoms. The Kier molecular flexibility index (Phi) is 4.76. The molecule has 2 aromatic carbocycles. The first kappa shape index (κ1) is 17.7. The summed E-state index contributed by atoms with van der Waals surface area (Å²) in [6.07, 6.45) is 5.23. The first-order valence-corrected chi connectivity index (χ1v) is 9.11. The molecule has 0 unspecified atom stereocenters. The molecule has 140 valence electrons. The van der Waals surface area contributed by atoms with Gasteiger partial charge in [-0.25, -0.2) is 9.67 Å². The van der Waals surface area contributed by atoms with Crippen LogP contribution in [0.3, 0.4) is 0 Å². The molecule has 0 fully saturated rings. The highest BCUT2D eigenvalue weighted by Crippen LogP contribution is 2.17. The van der Waals surface area contributed by atoms with Gasteiger partial charge in [-0.05, 0) is 37.6 Å². The maximum atomic E-state index is 12.7. The molecule has 1 amide bonds. The van der Waals surface area contributed by atoms with Gasteiger partial charge in [0.25, 0.3) is 5.91 Å². The zero-order chi connectivity index (χ0) is 19.5. The second-order valence-electron chi connectivity index (χ2n) is 6.57. The van der Waals surface area contributed by atoms with Crippen molar-refractivity contribution in [3.8, 4) is 11.4 Å². The minimum Gasteiger partial charge on any atom is -0.345 e. The van der Waals surface area contributed by atoms with Crippen molar-refractivity contribution in [2.24, 2.45) is 0 Å². The van der Waals surface area contributed by atoms with E-state index < -0.39 is 0 Å². The Morgan fingerprint density at radius 2 is 1.79 bits per heavy atom. The van der Waals surface area contributed by atoms with Crippen molar-refractivity contribution in [3.63, 3.8) is 0 Å². The number of aromatic nitrogens is 4. The SMILES string of the molecule is Cc1ccccc1-n1ncc(C(=O)NCc2nccn2-c2ccccc2)c1C. The molecular formula is C22H21N5O. The van der Waals surface area contributed by atoms with Gasteiger partial charge >= 0.3 is 0 Å². The third-order valence-corrected chi connectivity index (χ3v) is 4.76. The number of para-hydroxylation sites is 2. The van der Waals surface area contributed by atoms with Crippen LogP contribution in [-0.2, 0) is 6.54 Å². The van der Waals surface area contributed by atoms with Crippen molar-refractivity contribution >= 4 is 5.91 Å². The van der Waals surface area contributed by atoms with Crippen LogP contribution in [0.15, 0.2) is 73.2 Å². The van der Waals surface area contributed by atoms with Gasteiger partial charge in [-0.1, -0.05) is 36.4 Å². The summed E-state index contributed by atoms with van der Waals surface area (Å²) in [6.45, 7) is 4.26. The van der Waals surface area contributed by atoms with Crippen LogP contribution in [0.2, 0.25) is 0 Å². The molecule has 28 heavy (non-hydrogen) atoms. The second kappa shape index (κ2) is 7.52.